The monoisotopic (exact) mass is 289 g/mol. The first kappa shape index (κ1) is 15.1. The maximum atomic E-state index is 12.6. The first-order valence-corrected chi connectivity index (χ1v) is 6.82. The van der Waals surface area contributed by atoms with Crippen LogP contribution in [0, 0.1) is 5.92 Å². The molecule has 0 aliphatic carbocycles. The van der Waals surface area contributed by atoms with Gasteiger partial charge >= 0.3 is 0 Å². The second kappa shape index (κ2) is 6.94. The highest BCUT2D eigenvalue weighted by atomic mass is 16.3. The van der Waals surface area contributed by atoms with Crippen LogP contribution in [0.25, 0.3) is 0 Å². The predicted molar refractivity (Wildman–Crippen MR) is 76.3 cm³/mol. The van der Waals surface area contributed by atoms with Crippen molar-refractivity contribution in [2.75, 3.05) is 6.61 Å². The summed E-state index contributed by atoms with van der Waals surface area (Å²) in [5.41, 5.74) is 0.780. The molecule has 7 heteroatoms. The number of rotatable bonds is 6. The molecular formula is C14H19N5O2. The third kappa shape index (κ3) is 3.63. The predicted octanol–water partition coefficient (Wildman–Crippen LogP) is 0.396. The van der Waals surface area contributed by atoms with Gasteiger partial charge in [0.1, 0.15) is 6.33 Å². The fourth-order valence-electron chi connectivity index (χ4n) is 2.03. The number of benzene rings is 1. The molecule has 1 aromatic carbocycles. The maximum absolute atomic E-state index is 12.6. The van der Waals surface area contributed by atoms with Gasteiger partial charge in [-0.1, -0.05) is 44.2 Å². The highest BCUT2D eigenvalue weighted by Crippen LogP contribution is 2.17. The fraction of sp³-hybridized carbons (Fsp3) is 0.429. The highest BCUT2D eigenvalue weighted by Gasteiger charge is 2.26. The molecule has 2 N–H and O–H groups in total. The SMILES string of the molecule is CC(C)[C@@H](CO)NC(=O)[C@H](c1ccccc1)n1cnnn1. The van der Waals surface area contributed by atoms with Crippen LogP contribution in [0.15, 0.2) is 36.7 Å². The first-order valence-electron chi connectivity index (χ1n) is 6.82. The number of nitrogens with zero attached hydrogens (tertiary/aromatic N) is 4. The molecule has 0 saturated carbocycles. The topological polar surface area (TPSA) is 92.9 Å². The van der Waals surface area contributed by atoms with Crippen molar-refractivity contribution < 1.29 is 9.90 Å². The molecule has 1 heterocycles. The van der Waals surface area contributed by atoms with Gasteiger partial charge < -0.3 is 10.4 Å². The van der Waals surface area contributed by atoms with Gasteiger partial charge in [-0.2, -0.15) is 0 Å². The summed E-state index contributed by atoms with van der Waals surface area (Å²) < 4.78 is 1.40. The summed E-state index contributed by atoms with van der Waals surface area (Å²) in [5.74, 6) is -0.120. The molecule has 1 aromatic heterocycles. The van der Waals surface area contributed by atoms with E-state index in [4.69, 9.17) is 0 Å². The molecule has 2 atom stereocenters. The number of nitrogens with one attached hydrogen (secondary N) is 1. The molecule has 1 amide bonds. The third-order valence-electron chi connectivity index (χ3n) is 3.32. The van der Waals surface area contributed by atoms with Gasteiger partial charge in [0, 0.05) is 0 Å². The molecule has 0 fully saturated rings. The van der Waals surface area contributed by atoms with Crippen molar-refractivity contribution >= 4 is 5.91 Å². The van der Waals surface area contributed by atoms with Crippen LogP contribution in [-0.2, 0) is 4.79 Å². The number of hydrogen-bond acceptors (Lipinski definition) is 5. The molecule has 21 heavy (non-hydrogen) atoms. The van der Waals surface area contributed by atoms with E-state index < -0.39 is 6.04 Å². The number of aliphatic hydroxyl groups excluding tert-OH is 1. The fourth-order valence-corrected chi connectivity index (χ4v) is 2.03. The Kier molecular flexibility index (Phi) is 4.99. The van der Waals surface area contributed by atoms with Gasteiger partial charge in [0.2, 0.25) is 5.91 Å². The normalized spacial score (nSPS) is 13.9. The zero-order valence-corrected chi connectivity index (χ0v) is 12.0. The summed E-state index contributed by atoms with van der Waals surface area (Å²) in [6.07, 6.45) is 1.40. The minimum absolute atomic E-state index is 0.111. The van der Waals surface area contributed by atoms with Crippen LogP contribution in [0.4, 0.5) is 0 Å². The second-order valence-corrected chi connectivity index (χ2v) is 5.14. The Morgan fingerprint density at radius 2 is 2.05 bits per heavy atom. The summed E-state index contributed by atoms with van der Waals surface area (Å²) in [6.45, 7) is 3.77. The van der Waals surface area contributed by atoms with E-state index in [1.54, 1.807) is 0 Å². The lowest BCUT2D eigenvalue weighted by molar-refractivity contribution is -0.124. The van der Waals surface area contributed by atoms with Crippen molar-refractivity contribution in [1.29, 1.82) is 0 Å². The number of hydrogen-bond donors (Lipinski definition) is 2. The minimum Gasteiger partial charge on any atom is -0.394 e. The molecular weight excluding hydrogens is 270 g/mol. The van der Waals surface area contributed by atoms with Crippen LogP contribution in [-0.4, -0.2) is 43.9 Å². The van der Waals surface area contributed by atoms with E-state index in [1.807, 2.05) is 44.2 Å². The van der Waals surface area contributed by atoms with Crippen LogP contribution in [0.5, 0.6) is 0 Å². The average Bonchev–Trinajstić information content (AvgIpc) is 2.99. The molecule has 0 aliphatic heterocycles. The van der Waals surface area contributed by atoms with Crippen molar-refractivity contribution in [3.05, 3.63) is 42.2 Å². The molecule has 0 radical (unpaired) electrons. The van der Waals surface area contributed by atoms with Gasteiger partial charge in [-0.15, -0.1) is 5.10 Å². The van der Waals surface area contributed by atoms with Crippen molar-refractivity contribution in [3.8, 4) is 0 Å². The summed E-state index contributed by atoms with van der Waals surface area (Å²) in [5, 5.41) is 23.2. The number of carbonyl (C=O) groups is 1. The molecule has 0 bridgehead atoms. The summed E-state index contributed by atoms with van der Waals surface area (Å²) in [6, 6.07) is 8.31. The molecule has 0 unspecified atom stereocenters. The number of carbonyl (C=O) groups excluding carboxylic acids is 1. The van der Waals surface area contributed by atoms with Crippen LogP contribution >= 0.6 is 0 Å². The molecule has 0 aliphatic rings. The van der Waals surface area contributed by atoms with Gasteiger partial charge in [-0.25, -0.2) is 4.68 Å². The van der Waals surface area contributed by atoms with Crippen molar-refractivity contribution in [2.24, 2.45) is 5.92 Å². The van der Waals surface area contributed by atoms with E-state index in [2.05, 4.69) is 20.8 Å². The lowest BCUT2D eigenvalue weighted by Gasteiger charge is -2.23. The second-order valence-electron chi connectivity index (χ2n) is 5.14. The molecule has 0 saturated heterocycles. The number of tetrazole rings is 1. The van der Waals surface area contributed by atoms with Gasteiger partial charge in [0.25, 0.3) is 0 Å². The zero-order chi connectivity index (χ0) is 15.2. The summed E-state index contributed by atoms with van der Waals surface area (Å²) in [7, 11) is 0. The Morgan fingerprint density at radius 3 is 2.57 bits per heavy atom. The highest BCUT2D eigenvalue weighted by molar-refractivity contribution is 5.83. The third-order valence-corrected chi connectivity index (χ3v) is 3.32. The molecule has 2 rings (SSSR count). The van der Waals surface area contributed by atoms with Crippen molar-refractivity contribution in [1.82, 2.24) is 25.5 Å². The summed E-state index contributed by atoms with van der Waals surface area (Å²) >= 11 is 0. The smallest absolute Gasteiger partial charge is 0.249 e. The summed E-state index contributed by atoms with van der Waals surface area (Å²) in [4.78, 5) is 12.6. The van der Waals surface area contributed by atoms with Crippen LogP contribution < -0.4 is 5.32 Å². The zero-order valence-electron chi connectivity index (χ0n) is 12.0. The van der Waals surface area contributed by atoms with Gasteiger partial charge in [0.15, 0.2) is 6.04 Å². The average molecular weight is 289 g/mol. The number of aliphatic hydroxyl groups is 1. The Balaban J connectivity index is 2.26. The van der Waals surface area contributed by atoms with Crippen molar-refractivity contribution in [3.63, 3.8) is 0 Å². The van der Waals surface area contributed by atoms with E-state index in [0.29, 0.717) is 0 Å². The van der Waals surface area contributed by atoms with Gasteiger partial charge in [-0.3, -0.25) is 4.79 Å². The lowest BCUT2D eigenvalue weighted by atomic mass is 10.0. The first-order chi connectivity index (χ1) is 10.1. The quantitative estimate of drug-likeness (QED) is 0.802. The lowest BCUT2D eigenvalue weighted by Crippen LogP contribution is -2.44. The van der Waals surface area contributed by atoms with E-state index in [-0.39, 0.29) is 24.5 Å². The Hall–Kier alpha value is -2.28. The molecule has 0 spiro atoms. The van der Waals surface area contributed by atoms with Crippen molar-refractivity contribution in [2.45, 2.75) is 25.9 Å². The number of amides is 1. The van der Waals surface area contributed by atoms with Crippen LogP contribution in [0.2, 0.25) is 0 Å². The maximum Gasteiger partial charge on any atom is 0.249 e. The van der Waals surface area contributed by atoms with E-state index in [9.17, 15) is 9.90 Å². The van der Waals surface area contributed by atoms with Gasteiger partial charge in [0.05, 0.1) is 12.6 Å². The molecule has 112 valence electrons. The standard InChI is InChI=1S/C14H19N5O2/c1-10(2)12(8-20)16-14(21)13(19-9-15-17-18-19)11-6-4-3-5-7-11/h3-7,9-10,12-13,20H,8H2,1-2H3,(H,16,21)/t12-,13+/m1/s1. The van der Waals surface area contributed by atoms with E-state index >= 15 is 0 Å². The minimum atomic E-state index is -0.658. The number of aromatic nitrogens is 4. The van der Waals surface area contributed by atoms with E-state index in [1.165, 1.54) is 11.0 Å². The van der Waals surface area contributed by atoms with E-state index in [0.717, 1.165) is 5.56 Å². The van der Waals surface area contributed by atoms with Gasteiger partial charge in [-0.05, 0) is 21.9 Å². The van der Waals surface area contributed by atoms with Crippen LogP contribution in [0.1, 0.15) is 25.5 Å². The Labute approximate surface area is 123 Å². The largest absolute Gasteiger partial charge is 0.394 e. The molecule has 7 nitrogen and oxygen atoms in total. The van der Waals surface area contributed by atoms with Crippen LogP contribution in [0.3, 0.4) is 0 Å². The Morgan fingerprint density at radius 1 is 1.33 bits per heavy atom. The Bertz CT molecular complexity index is 556. The molecule has 2 aromatic rings.